The normalized spacial score (nSPS) is 11.5. The van der Waals surface area contributed by atoms with Crippen LogP contribution in [0.3, 0.4) is 0 Å². The van der Waals surface area contributed by atoms with E-state index < -0.39 is 0 Å². The molecule has 0 fully saturated rings. The number of rotatable bonds is 1. The highest BCUT2D eigenvalue weighted by Crippen LogP contribution is 2.24. The van der Waals surface area contributed by atoms with Gasteiger partial charge in [0, 0.05) is 21.3 Å². The number of anilines is 1. The van der Waals surface area contributed by atoms with Gasteiger partial charge in [0.15, 0.2) is 0 Å². The van der Waals surface area contributed by atoms with Crippen molar-refractivity contribution in [2.24, 2.45) is 0 Å². The summed E-state index contributed by atoms with van der Waals surface area (Å²) in [5, 5.41) is 4.60. The van der Waals surface area contributed by atoms with Crippen molar-refractivity contribution in [3.63, 3.8) is 0 Å². The maximum absolute atomic E-state index is 5.85. The molecule has 0 aliphatic rings. The Morgan fingerprint density at radius 2 is 1.46 bits per heavy atom. The Hall–Kier alpha value is -0.400. The zero-order chi connectivity index (χ0) is 10.1. The van der Waals surface area contributed by atoms with E-state index in [9.17, 15) is 0 Å². The second-order valence-corrected chi connectivity index (χ2v) is 4.91. The van der Waals surface area contributed by atoms with Crippen molar-refractivity contribution in [1.29, 1.82) is 0 Å². The first-order valence-corrected chi connectivity index (χ1v) is 4.87. The molecular weight excluding hydrogens is 205 g/mol. The fourth-order valence-corrected chi connectivity index (χ4v) is 1.59. The molecule has 1 aromatic rings. The van der Waals surface area contributed by atoms with Crippen molar-refractivity contribution in [2.45, 2.75) is 26.3 Å². The second-order valence-electron chi connectivity index (χ2n) is 4.03. The Morgan fingerprint density at radius 1 is 1.00 bits per heavy atom. The van der Waals surface area contributed by atoms with Crippen LogP contribution in [0.5, 0.6) is 0 Å². The number of halogens is 2. The molecule has 72 valence electrons. The van der Waals surface area contributed by atoms with Crippen LogP contribution >= 0.6 is 23.2 Å². The predicted octanol–water partition coefficient (Wildman–Crippen LogP) is 4.20. The van der Waals surface area contributed by atoms with Crippen molar-refractivity contribution in [2.75, 3.05) is 5.32 Å². The van der Waals surface area contributed by atoms with Crippen LogP contribution in [-0.2, 0) is 0 Å². The molecule has 0 aliphatic carbocycles. The highest BCUT2D eigenvalue weighted by Gasteiger charge is 2.09. The summed E-state index contributed by atoms with van der Waals surface area (Å²) in [5.41, 5.74) is 0.971. The second kappa shape index (κ2) is 3.77. The van der Waals surface area contributed by atoms with Crippen LogP contribution in [0.25, 0.3) is 0 Å². The Bertz CT molecular complexity index is 282. The van der Waals surface area contributed by atoms with Crippen molar-refractivity contribution >= 4 is 28.9 Å². The average Bonchev–Trinajstić information content (AvgIpc) is 1.78. The molecule has 1 nitrogen and oxygen atoms in total. The van der Waals surface area contributed by atoms with Gasteiger partial charge in [-0.15, -0.1) is 0 Å². The van der Waals surface area contributed by atoms with Crippen LogP contribution in [0.15, 0.2) is 18.2 Å². The van der Waals surface area contributed by atoms with Gasteiger partial charge in [0.25, 0.3) is 0 Å². The van der Waals surface area contributed by atoms with Gasteiger partial charge in [-0.1, -0.05) is 23.2 Å². The molecule has 0 aromatic heterocycles. The Labute approximate surface area is 89.0 Å². The van der Waals surface area contributed by atoms with Gasteiger partial charge in [0.1, 0.15) is 0 Å². The van der Waals surface area contributed by atoms with Crippen LogP contribution in [0.2, 0.25) is 10.0 Å². The summed E-state index contributed by atoms with van der Waals surface area (Å²) >= 11 is 11.7. The van der Waals surface area contributed by atoms with E-state index in [-0.39, 0.29) is 5.54 Å². The fraction of sp³-hybridized carbons (Fsp3) is 0.400. The summed E-state index contributed by atoms with van der Waals surface area (Å²) in [6.07, 6.45) is 0. The predicted molar refractivity (Wildman–Crippen MR) is 59.8 cm³/mol. The first-order chi connectivity index (χ1) is 5.87. The van der Waals surface area contributed by atoms with Gasteiger partial charge >= 0.3 is 0 Å². The van der Waals surface area contributed by atoms with Gasteiger partial charge in [-0.2, -0.15) is 0 Å². The Balaban J connectivity index is 2.90. The molecule has 0 aliphatic heterocycles. The molecule has 0 unspecified atom stereocenters. The topological polar surface area (TPSA) is 12.0 Å². The van der Waals surface area contributed by atoms with Crippen LogP contribution in [0, 0.1) is 0 Å². The quantitative estimate of drug-likeness (QED) is 0.744. The first-order valence-electron chi connectivity index (χ1n) is 4.11. The van der Waals surface area contributed by atoms with Gasteiger partial charge in [-0.3, -0.25) is 0 Å². The molecule has 0 radical (unpaired) electrons. The maximum Gasteiger partial charge on any atom is 0.0441 e. The molecule has 1 rings (SSSR count). The molecule has 13 heavy (non-hydrogen) atoms. The molecule has 0 saturated heterocycles. The van der Waals surface area contributed by atoms with E-state index in [0.29, 0.717) is 10.0 Å². The summed E-state index contributed by atoms with van der Waals surface area (Å²) in [7, 11) is 0. The summed E-state index contributed by atoms with van der Waals surface area (Å²) in [5.74, 6) is 0. The van der Waals surface area contributed by atoms with E-state index in [4.69, 9.17) is 23.2 Å². The lowest BCUT2D eigenvalue weighted by Crippen LogP contribution is -2.25. The van der Waals surface area contributed by atoms with Crippen LogP contribution in [-0.4, -0.2) is 5.54 Å². The molecule has 1 aromatic carbocycles. The number of hydrogen-bond acceptors (Lipinski definition) is 1. The fourth-order valence-electron chi connectivity index (χ4n) is 1.06. The molecule has 0 saturated carbocycles. The van der Waals surface area contributed by atoms with Crippen molar-refractivity contribution in [3.8, 4) is 0 Å². The van der Waals surface area contributed by atoms with E-state index in [1.165, 1.54) is 0 Å². The molecule has 0 atom stereocenters. The summed E-state index contributed by atoms with van der Waals surface area (Å²) in [4.78, 5) is 0. The molecule has 0 amide bonds. The zero-order valence-corrected chi connectivity index (χ0v) is 9.50. The van der Waals surface area contributed by atoms with Crippen LogP contribution in [0.1, 0.15) is 20.8 Å². The standard InChI is InChI=1S/C10H13Cl2N/c1-10(2,3)13-9-5-7(11)4-8(12)6-9/h4-6,13H,1-3H3. The van der Waals surface area contributed by atoms with Crippen molar-refractivity contribution < 1.29 is 0 Å². The lowest BCUT2D eigenvalue weighted by molar-refractivity contribution is 0.634. The van der Waals surface area contributed by atoms with E-state index in [1.807, 2.05) is 12.1 Å². The highest BCUT2D eigenvalue weighted by molar-refractivity contribution is 6.35. The summed E-state index contributed by atoms with van der Waals surface area (Å²) in [6, 6.07) is 5.44. The van der Waals surface area contributed by atoms with Gasteiger partial charge in [-0.25, -0.2) is 0 Å². The smallest absolute Gasteiger partial charge is 0.0441 e. The molecule has 0 bridgehead atoms. The van der Waals surface area contributed by atoms with E-state index in [1.54, 1.807) is 6.07 Å². The zero-order valence-electron chi connectivity index (χ0n) is 7.99. The minimum absolute atomic E-state index is 0.0218. The van der Waals surface area contributed by atoms with E-state index >= 15 is 0 Å². The molecule has 3 heteroatoms. The maximum atomic E-state index is 5.85. The Kier molecular flexibility index (Phi) is 3.09. The van der Waals surface area contributed by atoms with Gasteiger partial charge in [0.05, 0.1) is 0 Å². The summed E-state index contributed by atoms with van der Waals surface area (Å²) < 4.78 is 0. The van der Waals surface area contributed by atoms with Crippen molar-refractivity contribution in [3.05, 3.63) is 28.2 Å². The number of benzene rings is 1. The van der Waals surface area contributed by atoms with Gasteiger partial charge < -0.3 is 5.32 Å². The molecule has 0 spiro atoms. The molecule has 1 N–H and O–H groups in total. The Morgan fingerprint density at radius 3 is 1.85 bits per heavy atom. The molecule has 0 heterocycles. The van der Waals surface area contributed by atoms with Gasteiger partial charge in [0.2, 0.25) is 0 Å². The van der Waals surface area contributed by atoms with Gasteiger partial charge in [-0.05, 0) is 39.0 Å². The third-order valence-electron chi connectivity index (χ3n) is 1.38. The van der Waals surface area contributed by atoms with Crippen molar-refractivity contribution in [1.82, 2.24) is 0 Å². The molecular formula is C10H13Cl2N. The highest BCUT2D eigenvalue weighted by atomic mass is 35.5. The largest absolute Gasteiger partial charge is 0.380 e. The van der Waals surface area contributed by atoms with E-state index in [2.05, 4.69) is 26.1 Å². The SMILES string of the molecule is CC(C)(C)Nc1cc(Cl)cc(Cl)c1. The first kappa shape index (κ1) is 10.7. The number of hydrogen-bond donors (Lipinski definition) is 1. The van der Waals surface area contributed by atoms with E-state index in [0.717, 1.165) is 5.69 Å². The van der Waals surface area contributed by atoms with Crippen LogP contribution < -0.4 is 5.32 Å². The lowest BCUT2D eigenvalue weighted by atomic mass is 10.1. The minimum Gasteiger partial charge on any atom is -0.380 e. The summed E-state index contributed by atoms with van der Waals surface area (Å²) in [6.45, 7) is 6.26. The van der Waals surface area contributed by atoms with Crippen LogP contribution in [0.4, 0.5) is 5.69 Å². The monoisotopic (exact) mass is 217 g/mol. The minimum atomic E-state index is 0.0218. The average molecular weight is 218 g/mol. The lowest BCUT2D eigenvalue weighted by Gasteiger charge is -2.22. The third-order valence-corrected chi connectivity index (χ3v) is 1.82. The number of nitrogens with one attached hydrogen (secondary N) is 1. The third kappa shape index (κ3) is 3.88.